The van der Waals surface area contributed by atoms with Crippen LogP contribution in [0.15, 0.2) is 35.7 Å². The third kappa shape index (κ3) is 5.80. The number of rotatable bonds is 9. The maximum Gasteiger partial charge on any atom is 0.410 e. The minimum Gasteiger partial charge on any atom is -0.496 e. The van der Waals surface area contributed by atoms with E-state index in [1.807, 2.05) is 0 Å². The molecule has 0 fully saturated rings. The summed E-state index contributed by atoms with van der Waals surface area (Å²) in [5, 5.41) is 1.05. The Hall–Kier alpha value is -3.40. The first-order valence-electron chi connectivity index (χ1n) is 8.58. The second kappa shape index (κ2) is 9.88. The van der Waals surface area contributed by atoms with E-state index in [9.17, 15) is 13.2 Å². The van der Waals surface area contributed by atoms with Crippen LogP contribution in [0, 0.1) is 0 Å². The van der Waals surface area contributed by atoms with Crippen LogP contribution in [-0.4, -0.2) is 43.0 Å². The Morgan fingerprint density at radius 3 is 2.00 bits per heavy atom. The Bertz CT molecular complexity index is 1020. The Morgan fingerprint density at radius 1 is 0.900 bits per heavy atom. The lowest BCUT2D eigenvalue weighted by molar-refractivity contribution is 0.208. The number of amides is 1. The van der Waals surface area contributed by atoms with Gasteiger partial charge in [0.05, 0.1) is 39.8 Å². The minimum absolute atomic E-state index is 0.0279. The van der Waals surface area contributed by atoms with E-state index in [-0.39, 0.29) is 17.3 Å². The van der Waals surface area contributed by atoms with Crippen molar-refractivity contribution in [1.29, 1.82) is 0 Å². The molecule has 10 heteroatoms. The molecule has 0 unspecified atom stereocenters. The van der Waals surface area contributed by atoms with E-state index in [0.717, 1.165) is 5.41 Å². The lowest BCUT2D eigenvalue weighted by Gasteiger charge is -2.12. The van der Waals surface area contributed by atoms with Crippen molar-refractivity contribution in [1.82, 2.24) is 0 Å². The molecule has 2 aromatic rings. The Balaban J connectivity index is 2.34. The van der Waals surface area contributed by atoms with Crippen LogP contribution in [0.3, 0.4) is 0 Å². The quantitative estimate of drug-likeness (QED) is 0.635. The highest BCUT2D eigenvalue weighted by molar-refractivity contribution is 7.93. The van der Waals surface area contributed by atoms with Crippen LogP contribution < -0.4 is 29.4 Å². The molecular formula is C20H23NO8S. The molecule has 0 aromatic heterocycles. The number of primary amides is 1. The van der Waals surface area contributed by atoms with Gasteiger partial charge in [0, 0.05) is 17.5 Å². The van der Waals surface area contributed by atoms with Gasteiger partial charge >= 0.3 is 6.09 Å². The lowest BCUT2D eigenvalue weighted by atomic mass is 10.1. The summed E-state index contributed by atoms with van der Waals surface area (Å²) in [6.07, 6.45) is 0.350. The van der Waals surface area contributed by atoms with Crippen molar-refractivity contribution in [2.45, 2.75) is 5.75 Å². The van der Waals surface area contributed by atoms with E-state index in [4.69, 9.17) is 29.4 Å². The summed E-state index contributed by atoms with van der Waals surface area (Å²) in [6.45, 7) is 0. The minimum atomic E-state index is -3.70. The molecule has 0 aliphatic rings. The zero-order chi connectivity index (χ0) is 22.3. The second-order valence-electron chi connectivity index (χ2n) is 5.96. The van der Waals surface area contributed by atoms with Crippen LogP contribution in [0.1, 0.15) is 11.1 Å². The Labute approximate surface area is 174 Å². The zero-order valence-electron chi connectivity index (χ0n) is 17.0. The van der Waals surface area contributed by atoms with Gasteiger partial charge in [-0.2, -0.15) is 0 Å². The Morgan fingerprint density at radius 2 is 1.50 bits per heavy atom. The van der Waals surface area contributed by atoms with Gasteiger partial charge in [0.2, 0.25) is 0 Å². The number of carbonyl (C=O) groups excluding carboxylic acids is 1. The fraction of sp³-hybridized carbons (Fsp3) is 0.250. The smallest absolute Gasteiger partial charge is 0.410 e. The van der Waals surface area contributed by atoms with Crippen LogP contribution in [-0.2, 0) is 15.6 Å². The van der Waals surface area contributed by atoms with E-state index in [2.05, 4.69) is 0 Å². The van der Waals surface area contributed by atoms with E-state index < -0.39 is 15.9 Å². The molecule has 30 heavy (non-hydrogen) atoms. The van der Waals surface area contributed by atoms with Crippen molar-refractivity contribution >= 4 is 22.0 Å². The summed E-state index contributed by atoms with van der Waals surface area (Å²) >= 11 is 0. The van der Waals surface area contributed by atoms with Crippen LogP contribution in [0.25, 0.3) is 6.08 Å². The fourth-order valence-corrected chi connectivity index (χ4v) is 3.73. The Kier molecular flexibility index (Phi) is 7.54. The van der Waals surface area contributed by atoms with Crippen LogP contribution in [0.2, 0.25) is 0 Å². The number of nitrogens with two attached hydrogens (primary N) is 1. The second-order valence-corrected chi connectivity index (χ2v) is 7.85. The van der Waals surface area contributed by atoms with Gasteiger partial charge in [0.15, 0.2) is 21.3 Å². The highest BCUT2D eigenvalue weighted by Gasteiger charge is 2.15. The average molecular weight is 437 g/mol. The molecule has 0 radical (unpaired) electrons. The molecular weight excluding hydrogens is 414 g/mol. The molecule has 0 bridgehead atoms. The molecule has 2 N–H and O–H groups in total. The van der Waals surface area contributed by atoms with Crippen molar-refractivity contribution < 1.29 is 36.9 Å². The summed E-state index contributed by atoms with van der Waals surface area (Å²) in [7, 11) is 2.10. The summed E-state index contributed by atoms with van der Waals surface area (Å²) in [5.41, 5.74) is 5.86. The van der Waals surface area contributed by atoms with Gasteiger partial charge in [-0.15, -0.1) is 0 Å². The first-order chi connectivity index (χ1) is 14.2. The highest BCUT2D eigenvalue weighted by atomic mass is 32.2. The van der Waals surface area contributed by atoms with Gasteiger partial charge in [0.1, 0.15) is 17.2 Å². The predicted octanol–water partition coefficient (Wildman–Crippen LogP) is 2.76. The number of carbonyl (C=O) groups is 1. The molecule has 0 atom stereocenters. The molecule has 0 saturated carbocycles. The van der Waals surface area contributed by atoms with Crippen molar-refractivity contribution in [3.05, 3.63) is 46.9 Å². The van der Waals surface area contributed by atoms with Crippen molar-refractivity contribution in [3.63, 3.8) is 0 Å². The molecule has 0 spiro atoms. The van der Waals surface area contributed by atoms with Gasteiger partial charge in [-0.05, 0) is 23.8 Å². The maximum absolute atomic E-state index is 12.6. The van der Waals surface area contributed by atoms with Crippen molar-refractivity contribution in [3.8, 4) is 28.7 Å². The highest BCUT2D eigenvalue weighted by Crippen LogP contribution is 2.35. The first-order valence-corrected chi connectivity index (χ1v) is 10.3. The fourth-order valence-electron chi connectivity index (χ4n) is 2.65. The van der Waals surface area contributed by atoms with Gasteiger partial charge in [-0.3, -0.25) is 0 Å². The van der Waals surface area contributed by atoms with Crippen LogP contribution in [0.5, 0.6) is 28.7 Å². The standard InChI is InChI=1S/C20H23NO8S/c1-25-14-10-17(27-3)15(18(11-14)28-4)7-8-30(23,24)12-13-5-6-16(26-2)19(9-13)29-20(21)22/h5-11H,12H2,1-4H3,(H2,21,22)/b8-7+. The predicted molar refractivity (Wildman–Crippen MR) is 111 cm³/mol. The largest absolute Gasteiger partial charge is 0.496 e. The van der Waals surface area contributed by atoms with Gasteiger partial charge < -0.3 is 29.4 Å². The monoisotopic (exact) mass is 437 g/mol. The number of methoxy groups -OCH3 is 4. The van der Waals surface area contributed by atoms with Crippen LogP contribution in [0.4, 0.5) is 4.79 Å². The third-order valence-corrected chi connectivity index (χ3v) is 5.29. The molecule has 0 saturated heterocycles. The molecule has 2 rings (SSSR count). The van der Waals surface area contributed by atoms with Gasteiger partial charge in [-0.25, -0.2) is 13.2 Å². The maximum atomic E-state index is 12.6. The van der Waals surface area contributed by atoms with Crippen LogP contribution >= 0.6 is 0 Å². The van der Waals surface area contributed by atoms with Gasteiger partial charge in [0.25, 0.3) is 0 Å². The molecule has 0 aliphatic heterocycles. The third-order valence-electron chi connectivity index (χ3n) is 4.00. The molecule has 2 aromatic carbocycles. The molecule has 0 aliphatic carbocycles. The summed E-state index contributed by atoms with van der Waals surface area (Å²) in [5.74, 6) is 1.21. The first kappa shape index (κ1) is 22.9. The SMILES string of the molecule is COc1cc(OC)c(/C=C/S(=O)(=O)Cc2ccc(OC)c(OC(N)=O)c2)c(OC)c1. The molecule has 162 valence electrons. The molecule has 1 amide bonds. The zero-order valence-corrected chi connectivity index (χ0v) is 17.8. The number of benzene rings is 2. The van der Waals surface area contributed by atoms with E-state index in [0.29, 0.717) is 28.4 Å². The molecule has 9 nitrogen and oxygen atoms in total. The number of sulfone groups is 1. The normalized spacial score (nSPS) is 11.2. The number of ether oxygens (including phenoxy) is 5. The summed E-state index contributed by atoms with van der Waals surface area (Å²) in [6, 6.07) is 7.65. The summed E-state index contributed by atoms with van der Waals surface area (Å²) < 4.78 is 51.0. The van der Waals surface area contributed by atoms with E-state index >= 15 is 0 Å². The molecule has 0 heterocycles. The van der Waals surface area contributed by atoms with Crippen molar-refractivity contribution in [2.24, 2.45) is 5.73 Å². The van der Waals surface area contributed by atoms with Crippen molar-refractivity contribution in [2.75, 3.05) is 28.4 Å². The van der Waals surface area contributed by atoms with E-state index in [1.165, 1.54) is 46.6 Å². The topological polar surface area (TPSA) is 123 Å². The average Bonchev–Trinajstić information content (AvgIpc) is 2.71. The van der Waals surface area contributed by atoms with E-state index in [1.54, 1.807) is 18.2 Å². The lowest BCUT2D eigenvalue weighted by Crippen LogP contribution is -2.16. The summed E-state index contributed by atoms with van der Waals surface area (Å²) in [4.78, 5) is 11.0. The number of hydrogen-bond acceptors (Lipinski definition) is 8. The van der Waals surface area contributed by atoms with Gasteiger partial charge in [-0.1, -0.05) is 6.07 Å². The number of hydrogen-bond donors (Lipinski definition) is 1.